The summed E-state index contributed by atoms with van der Waals surface area (Å²) in [5.74, 6) is 0.590. The third-order valence-electron chi connectivity index (χ3n) is 2.91. The fourth-order valence-electron chi connectivity index (χ4n) is 2.04. The Kier molecular flexibility index (Phi) is 2.99. The van der Waals surface area contributed by atoms with Crippen LogP contribution in [0.4, 0.5) is 0 Å². The molecule has 1 unspecified atom stereocenters. The van der Waals surface area contributed by atoms with E-state index in [9.17, 15) is 10.1 Å². The van der Waals surface area contributed by atoms with E-state index in [1.807, 2.05) is 36.2 Å². The van der Waals surface area contributed by atoms with E-state index in [4.69, 9.17) is 4.74 Å². The molecule has 0 spiro atoms. The van der Waals surface area contributed by atoms with Gasteiger partial charge in [-0.15, -0.1) is 0 Å². The van der Waals surface area contributed by atoms with E-state index >= 15 is 0 Å². The van der Waals surface area contributed by atoms with Gasteiger partial charge < -0.3 is 9.64 Å². The van der Waals surface area contributed by atoms with Crippen LogP contribution in [0.1, 0.15) is 11.5 Å². The number of ether oxygens (including phenoxy) is 1. The molecule has 0 amide bonds. The Morgan fingerprint density at radius 1 is 1.41 bits per heavy atom. The van der Waals surface area contributed by atoms with Gasteiger partial charge in [0.15, 0.2) is 0 Å². The number of nitro groups is 1. The molecule has 0 aromatic heterocycles. The van der Waals surface area contributed by atoms with E-state index in [0.29, 0.717) is 6.54 Å². The third kappa shape index (κ3) is 2.22. The number of benzene rings is 1. The van der Waals surface area contributed by atoms with Crippen molar-refractivity contribution >= 4 is 0 Å². The van der Waals surface area contributed by atoms with Crippen molar-refractivity contribution in [1.82, 2.24) is 4.90 Å². The predicted molar refractivity (Wildman–Crippen MR) is 63.4 cm³/mol. The molecule has 1 aliphatic rings. The molecule has 0 radical (unpaired) electrons. The molecule has 90 valence electrons. The highest BCUT2D eigenvalue weighted by atomic mass is 16.6. The highest BCUT2D eigenvalue weighted by Crippen LogP contribution is 2.31. The monoisotopic (exact) mass is 234 g/mol. The zero-order valence-electron chi connectivity index (χ0n) is 9.79. The topological polar surface area (TPSA) is 55.6 Å². The summed E-state index contributed by atoms with van der Waals surface area (Å²) >= 11 is 0. The molecule has 0 aliphatic carbocycles. The van der Waals surface area contributed by atoms with Crippen molar-refractivity contribution in [3.8, 4) is 5.75 Å². The number of likely N-dealkylation sites (N-methyl/N-ethyl adjacent to an activating group) is 1. The van der Waals surface area contributed by atoms with Crippen molar-refractivity contribution in [3.05, 3.63) is 51.8 Å². The van der Waals surface area contributed by atoms with E-state index in [1.165, 1.54) is 0 Å². The summed E-state index contributed by atoms with van der Waals surface area (Å²) in [6.07, 6.45) is 1.59. The van der Waals surface area contributed by atoms with Crippen LogP contribution < -0.4 is 4.74 Å². The average molecular weight is 234 g/mol. The van der Waals surface area contributed by atoms with E-state index in [2.05, 4.69) is 0 Å². The standard InChI is InChI=1S/C12H14N2O3/c1-13-7-11(12(8-13)14(15)16)9-3-5-10(17-2)6-4-9/h3-6,8,11H,7H2,1-2H3. The largest absolute Gasteiger partial charge is 0.497 e. The normalized spacial score (nSPS) is 19.1. The Morgan fingerprint density at radius 2 is 2.06 bits per heavy atom. The molecule has 0 N–H and O–H groups in total. The molecule has 5 nitrogen and oxygen atoms in total. The molecule has 0 saturated heterocycles. The van der Waals surface area contributed by atoms with Gasteiger partial charge in [0.25, 0.3) is 5.70 Å². The van der Waals surface area contributed by atoms with Crippen molar-refractivity contribution in [1.29, 1.82) is 0 Å². The minimum Gasteiger partial charge on any atom is -0.497 e. The van der Waals surface area contributed by atoms with Crippen LogP contribution in [-0.4, -0.2) is 30.5 Å². The van der Waals surface area contributed by atoms with Crippen LogP contribution in [0, 0.1) is 10.1 Å². The van der Waals surface area contributed by atoms with E-state index in [0.717, 1.165) is 11.3 Å². The van der Waals surface area contributed by atoms with E-state index in [1.54, 1.807) is 13.3 Å². The smallest absolute Gasteiger partial charge is 0.271 e. The van der Waals surface area contributed by atoms with Crippen LogP contribution in [0.3, 0.4) is 0 Å². The molecule has 5 heteroatoms. The van der Waals surface area contributed by atoms with Crippen LogP contribution in [-0.2, 0) is 0 Å². The van der Waals surface area contributed by atoms with Gasteiger partial charge in [-0.25, -0.2) is 0 Å². The van der Waals surface area contributed by atoms with Crippen molar-refractivity contribution in [2.75, 3.05) is 20.7 Å². The molecule has 0 bridgehead atoms. The molecule has 1 aromatic carbocycles. The molecule has 17 heavy (non-hydrogen) atoms. The van der Waals surface area contributed by atoms with Gasteiger partial charge in [0.05, 0.1) is 24.2 Å². The molecule has 0 fully saturated rings. The van der Waals surface area contributed by atoms with Crippen molar-refractivity contribution in [2.45, 2.75) is 5.92 Å². The summed E-state index contributed by atoms with van der Waals surface area (Å²) < 4.78 is 5.07. The van der Waals surface area contributed by atoms with Gasteiger partial charge in [-0.2, -0.15) is 0 Å². The van der Waals surface area contributed by atoms with Gasteiger partial charge in [-0.05, 0) is 17.7 Å². The summed E-state index contributed by atoms with van der Waals surface area (Å²) in [5.41, 5.74) is 1.19. The zero-order chi connectivity index (χ0) is 12.4. The van der Waals surface area contributed by atoms with Crippen LogP contribution in [0.5, 0.6) is 5.75 Å². The molecule has 1 aliphatic heterocycles. The van der Waals surface area contributed by atoms with Gasteiger partial charge in [0.1, 0.15) is 5.75 Å². The highest BCUT2D eigenvalue weighted by molar-refractivity contribution is 5.34. The molecule has 0 saturated carbocycles. The predicted octanol–water partition coefficient (Wildman–Crippen LogP) is 1.84. The minimum absolute atomic E-state index is 0.166. The summed E-state index contributed by atoms with van der Waals surface area (Å²) in [4.78, 5) is 12.5. The Hall–Kier alpha value is -2.04. The van der Waals surface area contributed by atoms with Crippen molar-refractivity contribution < 1.29 is 9.66 Å². The zero-order valence-corrected chi connectivity index (χ0v) is 9.79. The lowest BCUT2D eigenvalue weighted by Crippen LogP contribution is -2.14. The van der Waals surface area contributed by atoms with Crippen molar-refractivity contribution in [2.24, 2.45) is 0 Å². The van der Waals surface area contributed by atoms with Gasteiger partial charge in [-0.1, -0.05) is 12.1 Å². The first-order chi connectivity index (χ1) is 8.11. The number of hydrogen-bond acceptors (Lipinski definition) is 4. The molecular weight excluding hydrogens is 220 g/mol. The van der Waals surface area contributed by atoms with Crippen LogP contribution in [0.25, 0.3) is 0 Å². The summed E-state index contributed by atoms with van der Waals surface area (Å²) in [6.45, 7) is 0.642. The van der Waals surface area contributed by atoms with Gasteiger partial charge in [0, 0.05) is 13.6 Å². The summed E-state index contributed by atoms with van der Waals surface area (Å²) in [7, 11) is 3.44. The lowest BCUT2D eigenvalue weighted by molar-refractivity contribution is -0.428. The molecule has 1 atom stereocenters. The Bertz CT molecular complexity index is 453. The fourth-order valence-corrected chi connectivity index (χ4v) is 2.04. The number of rotatable bonds is 3. The second-order valence-electron chi connectivity index (χ2n) is 4.08. The van der Waals surface area contributed by atoms with Crippen molar-refractivity contribution in [3.63, 3.8) is 0 Å². The lowest BCUT2D eigenvalue weighted by Gasteiger charge is -2.12. The second-order valence-corrected chi connectivity index (χ2v) is 4.08. The first-order valence-electron chi connectivity index (χ1n) is 5.32. The minimum atomic E-state index is -0.307. The first kappa shape index (κ1) is 11.4. The van der Waals surface area contributed by atoms with Gasteiger partial charge in [-0.3, -0.25) is 10.1 Å². The summed E-state index contributed by atoms with van der Waals surface area (Å²) in [5, 5.41) is 10.9. The Morgan fingerprint density at radius 3 is 2.59 bits per heavy atom. The molecule has 2 rings (SSSR count). The van der Waals surface area contributed by atoms with E-state index < -0.39 is 0 Å². The SMILES string of the molecule is COc1ccc(C2CN(C)C=C2[N+](=O)[O-])cc1. The second kappa shape index (κ2) is 4.45. The van der Waals surface area contributed by atoms with Gasteiger partial charge >= 0.3 is 0 Å². The molecule has 1 aromatic rings. The molecular formula is C12H14N2O3. The Balaban J connectivity index is 2.27. The van der Waals surface area contributed by atoms with Gasteiger partial charge in [0.2, 0.25) is 0 Å². The first-order valence-corrected chi connectivity index (χ1v) is 5.32. The summed E-state index contributed by atoms with van der Waals surface area (Å²) in [6, 6.07) is 7.40. The number of hydrogen-bond donors (Lipinski definition) is 0. The highest BCUT2D eigenvalue weighted by Gasteiger charge is 2.33. The lowest BCUT2D eigenvalue weighted by atomic mass is 9.98. The maximum Gasteiger partial charge on any atom is 0.271 e. The third-order valence-corrected chi connectivity index (χ3v) is 2.91. The Labute approximate surface area is 99.5 Å². The maximum atomic E-state index is 10.9. The fraction of sp³-hybridized carbons (Fsp3) is 0.333. The number of nitrogens with zero attached hydrogens (tertiary/aromatic N) is 2. The number of methoxy groups -OCH3 is 1. The quantitative estimate of drug-likeness (QED) is 0.591. The van der Waals surface area contributed by atoms with Crippen LogP contribution >= 0.6 is 0 Å². The van der Waals surface area contributed by atoms with Crippen LogP contribution in [0.2, 0.25) is 0 Å². The maximum absolute atomic E-state index is 10.9. The average Bonchev–Trinajstić information content (AvgIpc) is 2.72. The van der Waals surface area contributed by atoms with E-state index in [-0.39, 0.29) is 16.5 Å². The van der Waals surface area contributed by atoms with Crippen LogP contribution in [0.15, 0.2) is 36.2 Å². The molecule has 1 heterocycles.